The normalized spacial score (nSPS) is 26.3. The second-order valence-corrected chi connectivity index (χ2v) is 7.70. The van der Waals surface area contributed by atoms with Crippen molar-refractivity contribution in [3.63, 3.8) is 0 Å². The summed E-state index contributed by atoms with van der Waals surface area (Å²) in [5.41, 5.74) is -0.401. The number of carboxylic acids is 1. The second-order valence-electron chi connectivity index (χ2n) is 7.70. The van der Waals surface area contributed by atoms with Crippen molar-refractivity contribution in [2.24, 2.45) is 11.3 Å². The van der Waals surface area contributed by atoms with Crippen molar-refractivity contribution in [2.45, 2.75) is 78.3 Å². The summed E-state index contributed by atoms with van der Waals surface area (Å²) in [6.07, 6.45) is 5.96. The van der Waals surface area contributed by atoms with Crippen molar-refractivity contribution in [3.05, 3.63) is 0 Å². The Morgan fingerprint density at radius 1 is 1.05 bits per heavy atom. The zero-order valence-electron chi connectivity index (χ0n) is 13.5. The van der Waals surface area contributed by atoms with Crippen LogP contribution in [-0.2, 0) is 4.79 Å². The highest BCUT2D eigenvalue weighted by Gasteiger charge is 2.37. The average molecular weight is 269 g/mol. The molecule has 1 fully saturated rings. The van der Waals surface area contributed by atoms with Gasteiger partial charge in [0.2, 0.25) is 0 Å². The van der Waals surface area contributed by atoms with Crippen LogP contribution >= 0.6 is 0 Å². The lowest BCUT2D eigenvalue weighted by molar-refractivity contribution is -0.150. The summed E-state index contributed by atoms with van der Waals surface area (Å²) in [4.78, 5) is 13.4. The van der Waals surface area contributed by atoms with Crippen LogP contribution < -0.4 is 0 Å². The molecule has 0 radical (unpaired) electrons. The summed E-state index contributed by atoms with van der Waals surface area (Å²) in [5.74, 6) is 0.0328. The summed E-state index contributed by atoms with van der Waals surface area (Å²) in [7, 11) is 1.97. The average Bonchev–Trinajstić information content (AvgIpc) is 2.52. The zero-order chi connectivity index (χ0) is 14.8. The third-order valence-electron chi connectivity index (χ3n) is 5.12. The molecule has 0 amide bonds. The first kappa shape index (κ1) is 16.5. The molecular weight excluding hydrogens is 238 g/mol. The van der Waals surface area contributed by atoms with Crippen LogP contribution in [0.3, 0.4) is 0 Å². The van der Waals surface area contributed by atoms with Gasteiger partial charge in [-0.3, -0.25) is 9.69 Å². The van der Waals surface area contributed by atoms with Gasteiger partial charge in [-0.2, -0.15) is 0 Å². The van der Waals surface area contributed by atoms with Crippen LogP contribution in [0.2, 0.25) is 0 Å². The van der Waals surface area contributed by atoms with Gasteiger partial charge in [-0.05, 0) is 57.9 Å². The zero-order valence-corrected chi connectivity index (χ0v) is 13.5. The maximum atomic E-state index is 11.4. The molecule has 19 heavy (non-hydrogen) atoms. The molecule has 0 aromatic rings. The van der Waals surface area contributed by atoms with E-state index in [1.807, 2.05) is 20.9 Å². The topological polar surface area (TPSA) is 40.5 Å². The minimum atomic E-state index is -0.772. The molecule has 1 N–H and O–H groups in total. The Kier molecular flexibility index (Phi) is 5.05. The summed E-state index contributed by atoms with van der Waals surface area (Å²) in [6.45, 7) is 10.6. The van der Waals surface area contributed by atoms with E-state index in [9.17, 15) is 9.90 Å². The second kappa shape index (κ2) is 5.82. The fourth-order valence-electron chi connectivity index (χ4n) is 3.14. The minimum Gasteiger partial charge on any atom is -0.480 e. The van der Waals surface area contributed by atoms with Crippen LogP contribution in [0.1, 0.15) is 66.7 Å². The standard InChI is InChI=1S/C16H31NO2/c1-15(2,3)12-8-7-9-13(11-10-12)17(6)16(4,5)14(18)19/h12-13H,7-11H2,1-6H3,(H,18,19). The molecule has 0 bridgehead atoms. The third-order valence-corrected chi connectivity index (χ3v) is 5.12. The monoisotopic (exact) mass is 269 g/mol. The highest BCUT2D eigenvalue weighted by molar-refractivity contribution is 5.77. The van der Waals surface area contributed by atoms with Crippen molar-refractivity contribution in [3.8, 4) is 0 Å². The number of carboxylic acid groups (broad SMARTS) is 1. The van der Waals surface area contributed by atoms with E-state index in [1.54, 1.807) is 0 Å². The SMILES string of the molecule is CN(C1CCCC(C(C)(C)C)CC1)C(C)(C)C(=O)O. The fourth-order valence-corrected chi connectivity index (χ4v) is 3.14. The summed E-state index contributed by atoms with van der Waals surface area (Å²) >= 11 is 0. The Bertz CT molecular complexity index is 317. The third kappa shape index (κ3) is 3.95. The van der Waals surface area contributed by atoms with Crippen LogP contribution in [0.5, 0.6) is 0 Å². The number of hydrogen-bond acceptors (Lipinski definition) is 2. The van der Waals surface area contributed by atoms with Crippen molar-refractivity contribution in [2.75, 3.05) is 7.05 Å². The van der Waals surface area contributed by atoms with E-state index < -0.39 is 11.5 Å². The van der Waals surface area contributed by atoms with E-state index in [4.69, 9.17) is 0 Å². The van der Waals surface area contributed by atoms with E-state index in [0.717, 1.165) is 18.8 Å². The lowest BCUT2D eigenvalue weighted by atomic mass is 9.76. The summed E-state index contributed by atoms with van der Waals surface area (Å²) < 4.78 is 0. The predicted octanol–water partition coefficient (Wildman–Crippen LogP) is 3.78. The van der Waals surface area contributed by atoms with Gasteiger partial charge in [-0.1, -0.05) is 27.2 Å². The van der Waals surface area contributed by atoms with Crippen molar-refractivity contribution in [1.82, 2.24) is 4.90 Å². The molecule has 3 heteroatoms. The van der Waals surface area contributed by atoms with Gasteiger partial charge in [0.1, 0.15) is 5.54 Å². The number of carbonyl (C=O) groups is 1. The Balaban J connectivity index is 2.70. The van der Waals surface area contributed by atoms with Gasteiger partial charge in [0.25, 0.3) is 0 Å². The van der Waals surface area contributed by atoms with Crippen LogP contribution in [0.25, 0.3) is 0 Å². The number of hydrogen-bond donors (Lipinski definition) is 1. The van der Waals surface area contributed by atoms with Gasteiger partial charge >= 0.3 is 5.97 Å². The van der Waals surface area contributed by atoms with Crippen LogP contribution in [-0.4, -0.2) is 34.6 Å². The molecule has 2 unspecified atom stereocenters. The molecule has 1 saturated carbocycles. The van der Waals surface area contributed by atoms with Crippen molar-refractivity contribution < 1.29 is 9.90 Å². The van der Waals surface area contributed by atoms with E-state index in [1.165, 1.54) is 19.3 Å². The van der Waals surface area contributed by atoms with E-state index in [-0.39, 0.29) is 0 Å². The maximum absolute atomic E-state index is 11.4. The van der Waals surface area contributed by atoms with Crippen molar-refractivity contribution in [1.29, 1.82) is 0 Å². The smallest absolute Gasteiger partial charge is 0.323 e. The van der Waals surface area contributed by atoms with Gasteiger partial charge in [-0.25, -0.2) is 0 Å². The molecular formula is C16H31NO2. The van der Waals surface area contributed by atoms with E-state index >= 15 is 0 Å². The number of rotatable bonds is 3. The lowest BCUT2D eigenvalue weighted by Gasteiger charge is -2.38. The minimum absolute atomic E-state index is 0.371. The molecule has 0 heterocycles. The molecule has 0 spiro atoms. The highest BCUT2D eigenvalue weighted by atomic mass is 16.4. The molecule has 0 aliphatic heterocycles. The van der Waals surface area contributed by atoms with E-state index in [0.29, 0.717) is 11.5 Å². The summed E-state index contributed by atoms with van der Waals surface area (Å²) in [6, 6.07) is 0.401. The van der Waals surface area contributed by atoms with Crippen LogP contribution in [0.15, 0.2) is 0 Å². The van der Waals surface area contributed by atoms with Gasteiger partial charge < -0.3 is 5.11 Å². The van der Waals surface area contributed by atoms with Gasteiger partial charge in [0.15, 0.2) is 0 Å². The Morgan fingerprint density at radius 2 is 1.63 bits per heavy atom. The van der Waals surface area contributed by atoms with Crippen LogP contribution in [0, 0.1) is 11.3 Å². The Labute approximate surface area is 118 Å². The highest BCUT2D eigenvalue weighted by Crippen LogP contribution is 2.38. The molecule has 0 saturated heterocycles. The Hall–Kier alpha value is -0.570. The molecule has 1 rings (SSSR count). The van der Waals surface area contributed by atoms with Crippen LogP contribution in [0.4, 0.5) is 0 Å². The van der Waals surface area contributed by atoms with Gasteiger partial charge in [-0.15, -0.1) is 0 Å². The molecule has 2 atom stereocenters. The first-order valence-electron chi connectivity index (χ1n) is 7.53. The van der Waals surface area contributed by atoms with Crippen molar-refractivity contribution >= 4 is 5.97 Å². The summed E-state index contributed by atoms with van der Waals surface area (Å²) in [5, 5.41) is 9.35. The molecule has 3 nitrogen and oxygen atoms in total. The molecule has 0 aromatic heterocycles. The number of nitrogens with zero attached hydrogens (tertiary/aromatic N) is 1. The molecule has 112 valence electrons. The van der Waals surface area contributed by atoms with Gasteiger partial charge in [0.05, 0.1) is 0 Å². The van der Waals surface area contributed by atoms with Gasteiger partial charge in [0, 0.05) is 6.04 Å². The lowest BCUT2D eigenvalue weighted by Crippen LogP contribution is -2.52. The number of likely N-dealkylation sites (N-methyl/N-ethyl adjacent to an activating group) is 1. The van der Waals surface area contributed by atoms with E-state index in [2.05, 4.69) is 25.7 Å². The fraction of sp³-hybridized carbons (Fsp3) is 0.938. The largest absolute Gasteiger partial charge is 0.480 e. The molecule has 1 aliphatic carbocycles. The molecule has 1 aliphatic rings. The first-order valence-corrected chi connectivity index (χ1v) is 7.53. The maximum Gasteiger partial charge on any atom is 0.323 e. The number of aliphatic carboxylic acids is 1. The molecule has 0 aromatic carbocycles. The quantitative estimate of drug-likeness (QED) is 0.793. The Morgan fingerprint density at radius 3 is 2.11 bits per heavy atom. The predicted molar refractivity (Wildman–Crippen MR) is 79.3 cm³/mol. The first-order chi connectivity index (χ1) is 8.56.